The van der Waals surface area contributed by atoms with Crippen LogP contribution in [0.1, 0.15) is 31.7 Å². The quantitative estimate of drug-likeness (QED) is 0.762. The summed E-state index contributed by atoms with van der Waals surface area (Å²) in [6.07, 6.45) is -3.33. The number of rotatable bonds is 2. The number of likely N-dealkylation sites (tertiary alicyclic amines) is 1. The number of nitrogens with one attached hydrogen (secondary N) is 1. The smallest absolute Gasteiger partial charge is 0.370 e. The van der Waals surface area contributed by atoms with Gasteiger partial charge in [-0.25, -0.2) is 9.18 Å². The van der Waals surface area contributed by atoms with Crippen LogP contribution in [0.3, 0.4) is 0 Å². The second-order valence-electron chi connectivity index (χ2n) is 8.31. The lowest BCUT2D eigenvalue weighted by Crippen LogP contribution is -2.48. The second kappa shape index (κ2) is 7.12. The molecule has 1 aromatic carbocycles. The van der Waals surface area contributed by atoms with E-state index >= 15 is 0 Å². The molecule has 154 valence electrons. The first-order chi connectivity index (χ1) is 13.2. The lowest BCUT2D eigenvalue weighted by atomic mass is 9.98. The molecule has 1 aromatic rings. The minimum absolute atomic E-state index is 0.0774. The van der Waals surface area contributed by atoms with Crippen molar-refractivity contribution in [1.29, 1.82) is 0 Å². The Morgan fingerprint density at radius 1 is 1.14 bits per heavy atom. The maximum atomic E-state index is 13.6. The molecule has 2 amide bonds. The summed E-state index contributed by atoms with van der Waals surface area (Å²) in [5.41, 5.74) is -0.404. The van der Waals surface area contributed by atoms with E-state index in [-0.39, 0.29) is 42.2 Å². The number of amides is 2. The van der Waals surface area contributed by atoms with E-state index in [4.69, 9.17) is 0 Å². The van der Waals surface area contributed by atoms with Gasteiger partial charge in [0, 0.05) is 43.2 Å². The van der Waals surface area contributed by atoms with Crippen LogP contribution in [0.15, 0.2) is 24.3 Å². The number of benzene rings is 1. The molecule has 2 heterocycles. The Morgan fingerprint density at radius 2 is 1.89 bits per heavy atom. The van der Waals surface area contributed by atoms with E-state index in [1.54, 1.807) is 11.0 Å². The van der Waals surface area contributed by atoms with Crippen LogP contribution in [-0.4, -0.2) is 48.8 Å². The number of carbonyl (C=O) groups excluding carboxylic acids is 1. The molecule has 1 saturated carbocycles. The predicted octanol–water partition coefficient (Wildman–Crippen LogP) is 4.06. The molecule has 2 saturated heterocycles. The standard InChI is InChI=1S/C20H25F4N3O/c1-12-8-14(21)10-27(12)19(28)25-17-7-6-13-9-26(11-15(13)17)18-5-3-2-4-16(18)20(22,23)24/h2-5,12-15,17H,6-11H2,1H3,(H,25,28)/t12?,13-,14-,15+,17+/m1/s1. The molecule has 1 aliphatic carbocycles. The predicted molar refractivity (Wildman–Crippen MR) is 97.9 cm³/mol. The van der Waals surface area contributed by atoms with Crippen molar-refractivity contribution in [3.05, 3.63) is 29.8 Å². The number of halogens is 4. The van der Waals surface area contributed by atoms with E-state index < -0.39 is 17.9 Å². The number of hydrogen-bond acceptors (Lipinski definition) is 2. The minimum atomic E-state index is -4.39. The van der Waals surface area contributed by atoms with Gasteiger partial charge >= 0.3 is 12.2 Å². The molecule has 0 aromatic heterocycles. The molecule has 28 heavy (non-hydrogen) atoms. The summed E-state index contributed by atoms with van der Waals surface area (Å²) in [5.74, 6) is 0.376. The summed E-state index contributed by atoms with van der Waals surface area (Å²) in [4.78, 5) is 15.9. The zero-order valence-electron chi connectivity index (χ0n) is 15.8. The fraction of sp³-hybridized carbons (Fsp3) is 0.650. The Kier molecular flexibility index (Phi) is 4.91. The van der Waals surface area contributed by atoms with Crippen molar-refractivity contribution in [1.82, 2.24) is 10.2 Å². The molecule has 4 rings (SSSR count). The van der Waals surface area contributed by atoms with Gasteiger partial charge in [-0.15, -0.1) is 0 Å². The van der Waals surface area contributed by atoms with Crippen LogP contribution < -0.4 is 10.2 Å². The molecule has 0 bridgehead atoms. The van der Waals surface area contributed by atoms with Crippen LogP contribution in [0.2, 0.25) is 0 Å². The van der Waals surface area contributed by atoms with Gasteiger partial charge in [0.2, 0.25) is 0 Å². The third kappa shape index (κ3) is 3.53. The van der Waals surface area contributed by atoms with Gasteiger partial charge in [-0.05, 0) is 37.8 Å². The number of para-hydroxylation sites is 1. The molecule has 2 aliphatic heterocycles. The second-order valence-corrected chi connectivity index (χ2v) is 8.31. The third-order valence-corrected chi connectivity index (χ3v) is 6.50. The van der Waals surface area contributed by atoms with Gasteiger partial charge in [-0.2, -0.15) is 13.2 Å². The van der Waals surface area contributed by atoms with Crippen molar-refractivity contribution >= 4 is 11.7 Å². The first-order valence-electron chi connectivity index (χ1n) is 9.86. The van der Waals surface area contributed by atoms with Gasteiger partial charge < -0.3 is 15.1 Å². The summed E-state index contributed by atoms with van der Waals surface area (Å²) in [5, 5.41) is 3.03. The van der Waals surface area contributed by atoms with Crippen LogP contribution in [0.4, 0.5) is 28.0 Å². The zero-order valence-corrected chi connectivity index (χ0v) is 15.8. The summed E-state index contributed by atoms with van der Waals surface area (Å²) in [6.45, 7) is 3.00. The van der Waals surface area contributed by atoms with E-state index in [0.29, 0.717) is 19.5 Å². The van der Waals surface area contributed by atoms with E-state index in [0.717, 1.165) is 18.9 Å². The number of urea groups is 1. The lowest BCUT2D eigenvalue weighted by Gasteiger charge is -2.28. The maximum absolute atomic E-state index is 13.6. The number of alkyl halides is 4. The zero-order chi connectivity index (χ0) is 20.1. The Morgan fingerprint density at radius 3 is 2.57 bits per heavy atom. The van der Waals surface area contributed by atoms with Crippen molar-refractivity contribution in [2.75, 3.05) is 24.5 Å². The summed E-state index contributed by atoms with van der Waals surface area (Å²) in [6, 6.07) is 5.20. The molecule has 1 N–H and O–H groups in total. The van der Waals surface area contributed by atoms with Crippen LogP contribution in [-0.2, 0) is 6.18 Å². The Bertz CT molecular complexity index is 740. The maximum Gasteiger partial charge on any atom is 0.418 e. The van der Waals surface area contributed by atoms with E-state index in [1.807, 2.05) is 6.92 Å². The molecule has 5 atom stereocenters. The Balaban J connectivity index is 1.45. The lowest BCUT2D eigenvalue weighted by molar-refractivity contribution is -0.137. The number of nitrogens with zero attached hydrogens (tertiary/aromatic N) is 2. The van der Waals surface area contributed by atoms with Crippen LogP contribution in [0, 0.1) is 11.8 Å². The van der Waals surface area contributed by atoms with Gasteiger partial charge in [-0.3, -0.25) is 0 Å². The first-order valence-corrected chi connectivity index (χ1v) is 9.86. The molecule has 8 heteroatoms. The van der Waals surface area contributed by atoms with Gasteiger partial charge in [0.15, 0.2) is 0 Å². The number of carbonyl (C=O) groups is 1. The van der Waals surface area contributed by atoms with Crippen molar-refractivity contribution in [2.45, 2.75) is 50.6 Å². The molecule has 0 radical (unpaired) electrons. The van der Waals surface area contributed by atoms with Crippen molar-refractivity contribution in [3.63, 3.8) is 0 Å². The molecule has 1 unspecified atom stereocenters. The number of fused-ring (bicyclic) bond motifs is 1. The normalized spacial score (nSPS) is 32.7. The monoisotopic (exact) mass is 399 g/mol. The molecule has 4 nitrogen and oxygen atoms in total. The van der Waals surface area contributed by atoms with Gasteiger partial charge in [0.05, 0.1) is 12.1 Å². The summed E-state index contributed by atoms with van der Waals surface area (Å²) >= 11 is 0. The number of hydrogen-bond donors (Lipinski definition) is 1. The van der Waals surface area contributed by atoms with Gasteiger partial charge in [0.25, 0.3) is 0 Å². The highest BCUT2D eigenvalue weighted by atomic mass is 19.4. The third-order valence-electron chi connectivity index (χ3n) is 6.50. The first kappa shape index (κ1) is 19.3. The van der Waals surface area contributed by atoms with E-state index in [1.165, 1.54) is 17.0 Å². The SMILES string of the molecule is CC1C[C@@H](F)CN1C(=O)N[C@H]1CC[C@@H]2CN(c3ccccc3C(F)(F)F)C[C@@H]21. The highest BCUT2D eigenvalue weighted by molar-refractivity contribution is 5.75. The molecule has 0 spiro atoms. The molecular formula is C20H25F4N3O. The summed E-state index contributed by atoms with van der Waals surface area (Å²) in [7, 11) is 0. The van der Waals surface area contributed by atoms with E-state index in [9.17, 15) is 22.4 Å². The largest absolute Gasteiger partial charge is 0.418 e. The Labute approximate surface area is 161 Å². The van der Waals surface area contributed by atoms with Crippen molar-refractivity contribution in [2.24, 2.45) is 11.8 Å². The van der Waals surface area contributed by atoms with Gasteiger partial charge in [0.1, 0.15) is 6.17 Å². The molecular weight excluding hydrogens is 374 g/mol. The fourth-order valence-electron chi connectivity index (χ4n) is 5.12. The van der Waals surface area contributed by atoms with E-state index in [2.05, 4.69) is 5.32 Å². The average Bonchev–Trinajstić information content (AvgIpc) is 3.29. The minimum Gasteiger partial charge on any atom is -0.370 e. The topological polar surface area (TPSA) is 35.6 Å². The average molecular weight is 399 g/mol. The summed E-state index contributed by atoms with van der Waals surface area (Å²) < 4.78 is 53.7. The van der Waals surface area contributed by atoms with Crippen LogP contribution in [0.25, 0.3) is 0 Å². The fourth-order valence-corrected chi connectivity index (χ4v) is 5.12. The van der Waals surface area contributed by atoms with Crippen LogP contribution in [0.5, 0.6) is 0 Å². The highest BCUT2D eigenvalue weighted by Crippen LogP contribution is 2.43. The molecule has 3 fully saturated rings. The van der Waals surface area contributed by atoms with Crippen molar-refractivity contribution in [3.8, 4) is 0 Å². The van der Waals surface area contributed by atoms with Crippen molar-refractivity contribution < 1.29 is 22.4 Å². The Hall–Kier alpha value is -1.99. The van der Waals surface area contributed by atoms with Gasteiger partial charge in [-0.1, -0.05) is 12.1 Å². The highest BCUT2D eigenvalue weighted by Gasteiger charge is 2.46. The molecule has 3 aliphatic rings. The number of anilines is 1. The van der Waals surface area contributed by atoms with Crippen LogP contribution >= 0.6 is 0 Å².